The topological polar surface area (TPSA) is 91.0 Å². The maximum absolute atomic E-state index is 14.3. The Balaban J connectivity index is 1.24. The number of rotatable bonds is 9. The van der Waals surface area contributed by atoms with Crippen molar-refractivity contribution in [3.05, 3.63) is 36.4 Å². The zero-order valence-electron chi connectivity index (χ0n) is 26.1. The van der Waals surface area contributed by atoms with Crippen LogP contribution in [0, 0.1) is 29.6 Å². The average Bonchev–Trinajstić information content (AvgIpc) is 3.64. The van der Waals surface area contributed by atoms with Crippen LogP contribution in [0.5, 0.6) is 0 Å². The molecular weight excluding hydrogens is 560 g/mol. The molecule has 43 heavy (non-hydrogen) atoms. The van der Waals surface area contributed by atoms with E-state index in [0.717, 1.165) is 49.7 Å². The minimum atomic E-state index is -1.13. The minimum absolute atomic E-state index is 0.0735. The smallest absolute Gasteiger partial charge is 0.246 e. The molecule has 2 bridgehead atoms. The van der Waals surface area contributed by atoms with Crippen molar-refractivity contribution in [2.75, 3.05) is 37.8 Å². The Hall–Kier alpha value is -2.36. The molecule has 4 fully saturated rings. The molecule has 4 aliphatic heterocycles. The third-order valence-electron chi connectivity index (χ3n) is 11.0. The third kappa shape index (κ3) is 5.77. The Morgan fingerprint density at radius 2 is 1.86 bits per heavy atom. The molecule has 4 heterocycles. The van der Waals surface area contributed by atoms with Crippen LogP contribution in [-0.2, 0) is 19.1 Å². The second-order valence-electron chi connectivity index (χ2n) is 13.7. The summed E-state index contributed by atoms with van der Waals surface area (Å²) in [6, 6.07) is 7.01. The van der Waals surface area contributed by atoms with E-state index in [1.54, 1.807) is 16.7 Å². The Labute approximate surface area is 260 Å². The average molecular weight is 609 g/mol. The van der Waals surface area contributed by atoms with Gasteiger partial charge in [0.15, 0.2) is 0 Å². The maximum atomic E-state index is 14.3. The van der Waals surface area contributed by atoms with Crippen LogP contribution in [0.25, 0.3) is 0 Å². The number of piperidine rings is 1. The molecule has 234 valence electrons. The van der Waals surface area contributed by atoms with Gasteiger partial charge in [-0.15, -0.1) is 11.8 Å². The van der Waals surface area contributed by atoms with Crippen molar-refractivity contribution in [1.29, 1.82) is 0 Å². The second-order valence-corrected chi connectivity index (χ2v) is 14.6. The summed E-state index contributed by atoms with van der Waals surface area (Å²) >= 11 is 1.61. The van der Waals surface area contributed by atoms with Gasteiger partial charge in [-0.05, 0) is 87.5 Å². The van der Waals surface area contributed by atoms with Crippen molar-refractivity contribution in [3.63, 3.8) is 0 Å². The van der Waals surface area contributed by atoms with Gasteiger partial charge in [-0.2, -0.15) is 0 Å². The Morgan fingerprint density at radius 1 is 1.07 bits per heavy atom. The van der Waals surface area contributed by atoms with Crippen molar-refractivity contribution >= 4 is 35.2 Å². The molecule has 0 radical (unpaired) electrons. The molecule has 9 heteroatoms. The summed E-state index contributed by atoms with van der Waals surface area (Å²) in [5.41, 5.74) is -0.426. The number of nitrogens with one attached hydrogen (secondary N) is 2. The molecule has 1 aliphatic carbocycles. The molecule has 3 amide bonds. The third-order valence-corrected chi connectivity index (χ3v) is 11.8. The van der Waals surface area contributed by atoms with E-state index < -0.39 is 29.6 Å². The normalized spacial score (nSPS) is 35.8. The lowest BCUT2D eigenvalue weighted by Crippen LogP contribution is -2.58. The number of likely N-dealkylation sites (tertiary alicyclic amines) is 2. The highest BCUT2D eigenvalue weighted by molar-refractivity contribution is 7.98. The number of anilines is 1. The van der Waals surface area contributed by atoms with Crippen molar-refractivity contribution < 1.29 is 19.1 Å². The first-order chi connectivity index (χ1) is 20.7. The van der Waals surface area contributed by atoms with Crippen LogP contribution in [0.4, 0.5) is 5.69 Å². The van der Waals surface area contributed by atoms with Gasteiger partial charge in [0, 0.05) is 23.2 Å². The van der Waals surface area contributed by atoms with Crippen LogP contribution in [0.3, 0.4) is 0 Å². The lowest BCUT2D eigenvalue weighted by molar-refractivity contribution is -0.141. The molecule has 1 spiro atoms. The van der Waals surface area contributed by atoms with Crippen molar-refractivity contribution in [3.8, 4) is 0 Å². The summed E-state index contributed by atoms with van der Waals surface area (Å²) in [5, 5.41) is 6.42. The number of hydrogen-bond acceptors (Lipinski definition) is 6. The second kappa shape index (κ2) is 12.6. The predicted octanol–water partition coefficient (Wildman–Crippen LogP) is 4.56. The largest absolute Gasteiger partial charge is 0.359 e. The Kier molecular flexibility index (Phi) is 8.96. The number of carbonyl (C=O) groups is 3. The molecule has 6 rings (SSSR count). The molecular formula is C34H48N4O4S. The number of ether oxygens (including phenoxy) is 1. The van der Waals surface area contributed by atoms with E-state index in [0.29, 0.717) is 24.1 Å². The van der Waals surface area contributed by atoms with E-state index in [9.17, 15) is 14.4 Å². The maximum Gasteiger partial charge on any atom is 0.246 e. The molecule has 0 aromatic heterocycles. The molecule has 1 aromatic carbocycles. The van der Waals surface area contributed by atoms with Gasteiger partial charge in [-0.1, -0.05) is 51.8 Å². The fourth-order valence-corrected chi connectivity index (χ4v) is 8.69. The van der Waals surface area contributed by atoms with Crippen LogP contribution < -0.4 is 10.6 Å². The van der Waals surface area contributed by atoms with E-state index >= 15 is 0 Å². The first kappa shape index (κ1) is 30.7. The molecule has 1 saturated carbocycles. The lowest BCUT2D eigenvalue weighted by atomic mass is 9.73. The van der Waals surface area contributed by atoms with Gasteiger partial charge < -0.3 is 25.2 Å². The number of hydrogen-bond donors (Lipinski definition) is 2. The highest BCUT2D eigenvalue weighted by Crippen LogP contribution is 2.55. The summed E-state index contributed by atoms with van der Waals surface area (Å²) in [7, 11) is 0. The summed E-state index contributed by atoms with van der Waals surface area (Å²) in [4.78, 5) is 47.7. The van der Waals surface area contributed by atoms with Crippen LogP contribution in [0.15, 0.2) is 41.3 Å². The van der Waals surface area contributed by atoms with E-state index in [2.05, 4.69) is 36.3 Å². The molecule has 5 aliphatic rings. The van der Waals surface area contributed by atoms with Gasteiger partial charge in [0.2, 0.25) is 17.7 Å². The monoisotopic (exact) mass is 608 g/mol. The zero-order chi connectivity index (χ0) is 30.3. The fraction of sp³-hybridized carbons (Fsp3) is 0.676. The number of amides is 3. The molecule has 3 saturated heterocycles. The first-order valence-corrected chi connectivity index (χ1v) is 17.6. The van der Waals surface area contributed by atoms with Gasteiger partial charge in [-0.25, -0.2) is 0 Å². The van der Waals surface area contributed by atoms with E-state index in [4.69, 9.17) is 4.74 Å². The number of thioether (sulfide) groups is 1. The summed E-state index contributed by atoms with van der Waals surface area (Å²) in [5.74, 6) is -0.257. The number of carbonyl (C=O) groups excluding carboxylic acids is 3. The van der Waals surface area contributed by atoms with E-state index in [1.807, 2.05) is 42.7 Å². The standard InChI is InChI=1S/C34H48N4O4S/c1-21-13-18-37(19-14-21)16-7-17-38-30(32(40)36-26-11-5-8-22(2)23(26)3)34-15-12-27(42-34)28(29(34)33(38)41)31(39)35-24-9-6-10-25(20-24)43-4/h6,9-10,12,15,20-23,26-30H,5,7-8,11,13-14,16-19H2,1-4H3,(H,35,39)(H,36,40)/t22-,23+,26-,27-,28+,29-,30-,34-/m1/s1. The van der Waals surface area contributed by atoms with E-state index in [-0.39, 0.29) is 23.8 Å². The quantitative estimate of drug-likeness (QED) is 0.316. The number of fused-ring (bicyclic) bond motifs is 1. The highest BCUT2D eigenvalue weighted by Gasteiger charge is 2.72. The van der Waals surface area contributed by atoms with Gasteiger partial charge >= 0.3 is 0 Å². The van der Waals surface area contributed by atoms with Gasteiger partial charge in [0.05, 0.1) is 17.9 Å². The molecule has 1 aromatic rings. The van der Waals surface area contributed by atoms with Crippen LogP contribution >= 0.6 is 11.8 Å². The summed E-state index contributed by atoms with van der Waals surface area (Å²) in [6.45, 7) is 10.3. The van der Waals surface area contributed by atoms with Gasteiger partial charge in [0.25, 0.3) is 0 Å². The molecule has 2 N–H and O–H groups in total. The van der Waals surface area contributed by atoms with Gasteiger partial charge in [0.1, 0.15) is 11.6 Å². The summed E-state index contributed by atoms with van der Waals surface area (Å²) in [6.07, 6.45) is 11.7. The minimum Gasteiger partial charge on any atom is -0.359 e. The van der Waals surface area contributed by atoms with Crippen LogP contribution in [0.1, 0.15) is 59.3 Å². The SMILES string of the molecule is CSc1cccc(NC(=O)[C@H]2[C@H]3C=C[C@@]4(O3)[C@H]2C(=O)N(CCCN2CCC(C)CC2)[C@@H]4C(=O)N[C@@H]2CCC[C@@H](C)[C@@H]2C)c1. The summed E-state index contributed by atoms with van der Waals surface area (Å²) < 4.78 is 6.57. The Bertz CT molecular complexity index is 1250. The molecule has 0 unspecified atom stereocenters. The molecule has 8 atom stereocenters. The van der Waals surface area contributed by atoms with Crippen molar-refractivity contribution in [2.45, 2.75) is 88.0 Å². The van der Waals surface area contributed by atoms with Crippen molar-refractivity contribution in [2.24, 2.45) is 29.6 Å². The Morgan fingerprint density at radius 3 is 2.63 bits per heavy atom. The van der Waals surface area contributed by atoms with Crippen LogP contribution in [-0.4, -0.2) is 83.7 Å². The number of benzene rings is 1. The highest BCUT2D eigenvalue weighted by atomic mass is 32.2. The van der Waals surface area contributed by atoms with Crippen LogP contribution in [0.2, 0.25) is 0 Å². The zero-order valence-corrected chi connectivity index (χ0v) is 26.9. The predicted molar refractivity (Wildman–Crippen MR) is 170 cm³/mol. The first-order valence-electron chi connectivity index (χ1n) is 16.4. The fourth-order valence-electron chi connectivity index (χ4n) is 8.23. The van der Waals surface area contributed by atoms with Gasteiger partial charge in [-0.3, -0.25) is 14.4 Å². The number of nitrogens with zero attached hydrogens (tertiary/aromatic N) is 2. The van der Waals surface area contributed by atoms with E-state index in [1.165, 1.54) is 19.3 Å². The molecule has 8 nitrogen and oxygen atoms in total. The van der Waals surface area contributed by atoms with Crippen molar-refractivity contribution in [1.82, 2.24) is 15.1 Å². The lowest BCUT2D eigenvalue weighted by Gasteiger charge is -2.38.